The number of likely N-dealkylation sites (tertiary alicyclic amines) is 1. The van der Waals surface area contributed by atoms with Crippen molar-refractivity contribution in [3.05, 3.63) is 35.9 Å². The number of rotatable bonds is 3. The van der Waals surface area contributed by atoms with Crippen LogP contribution in [0, 0.1) is 11.3 Å². The van der Waals surface area contributed by atoms with E-state index in [9.17, 15) is 14.7 Å². The van der Waals surface area contributed by atoms with Crippen LogP contribution in [-0.2, 0) is 16.1 Å². The first-order valence-corrected chi connectivity index (χ1v) is 6.91. The number of hydrogen-bond acceptors (Lipinski definition) is 3. The van der Waals surface area contributed by atoms with E-state index >= 15 is 0 Å². The normalized spacial score (nSPS) is 29.2. The Kier molecular flexibility index (Phi) is 3.22. The molecular weight excluding hydrogens is 256 g/mol. The third-order valence-corrected chi connectivity index (χ3v) is 4.45. The zero-order valence-corrected chi connectivity index (χ0v) is 11.2. The number of aliphatic hydroxyl groups excluding tert-OH is 1. The molecule has 1 aromatic rings. The van der Waals surface area contributed by atoms with Crippen molar-refractivity contribution in [3.63, 3.8) is 0 Å². The monoisotopic (exact) mass is 274 g/mol. The van der Waals surface area contributed by atoms with Gasteiger partial charge in [0.15, 0.2) is 0 Å². The fourth-order valence-corrected chi connectivity index (χ4v) is 3.35. The second-order valence-corrected chi connectivity index (χ2v) is 5.53. The van der Waals surface area contributed by atoms with Gasteiger partial charge in [-0.2, -0.15) is 0 Å². The second-order valence-electron chi connectivity index (χ2n) is 5.53. The summed E-state index contributed by atoms with van der Waals surface area (Å²) in [5.41, 5.74) is -0.00298. The van der Waals surface area contributed by atoms with Crippen molar-refractivity contribution < 1.29 is 14.7 Å². The van der Waals surface area contributed by atoms with Gasteiger partial charge in [-0.3, -0.25) is 9.59 Å². The van der Waals surface area contributed by atoms with E-state index in [2.05, 4.69) is 5.32 Å². The first kappa shape index (κ1) is 13.1. The maximum absolute atomic E-state index is 12.7. The highest BCUT2D eigenvalue weighted by molar-refractivity contribution is 6.08. The Morgan fingerprint density at radius 2 is 2.05 bits per heavy atom. The Bertz CT molecular complexity index is 531. The summed E-state index contributed by atoms with van der Waals surface area (Å²) in [7, 11) is 0. The predicted octanol–water partition coefficient (Wildman–Crippen LogP) is 0.144. The van der Waals surface area contributed by atoms with Crippen molar-refractivity contribution in [1.82, 2.24) is 10.2 Å². The molecule has 20 heavy (non-hydrogen) atoms. The molecule has 0 unspecified atom stereocenters. The lowest BCUT2D eigenvalue weighted by Gasteiger charge is -2.23. The summed E-state index contributed by atoms with van der Waals surface area (Å²) in [6.07, 6.45) is 0.487. The van der Waals surface area contributed by atoms with Crippen molar-refractivity contribution in [2.45, 2.75) is 13.0 Å². The van der Waals surface area contributed by atoms with Gasteiger partial charge in [0.1, 0.15) is 5.41 Å². The maximum atomic E-state index is 12.7. The molecule has 2 aliphatic rings. The van der Waals surface area contributed by atoms with E-state index in [1.54, 1.807) is 4.90 Å². The molecule has 2 aliphatic heterocycles. The Balaban J connectivity index is 1.85. The Morgan fingerprint density at radius 3 is 2.65 bits per heavy atom. The van der Waals surface area contributed by atoms with Gasteiger partial charge in [0.25, 0.3) is 0 Å². The summed E-state index contributed by atoms with van der Waals surface area (Å²) in [6, 6.07) is 9.70. The van der Waals surface area contributed by atoms with Crippen LogP contribution in [0.2, 0.25) is 0 Å². The first-order valence-electron chi connectivity index (χ1n) is 6.91. The third kappa shape index (κ3) is 1.81. The number of carbonyl (C=O) groups is 2. The van der Waals surface area contributed by atoms with Gasteiger partial charge in [0.2, 0.25) is 11.8 Å². The molecule has 0 bridgehead atoms. The average Bonchev–Trinajstić information content (AvgIpc) is 2.97. The Morgan fingerprint density at radius 1 is 1.30 bits per heavy atom. The van der Waals surface area contributed by atoms with Crippen LogP contribution in [0.1, 0.15) is 12.0 Å². The van der Waals surface area contributed by atoms with E-state index in [-0.39, 0.29) is 24.3 Å². The van der Waals surface area contributed by atoms with Crippen molar-refractivity contribution in [3.8, 4) is 0 Å². The smallest absolute Gasteiger partial charge is 0.239 e. The van der Waals surface area contributed by atoms with Crippen LogP contribution in [0.15, 0.2) is 30.3 Å². The summed E-state index contributed by atoms with van der Waals surface area (Å²) in [5.74, 6) is -0.672. The molecule has 106 valence electrons. The minimum Gasteiger partial charge on any atom is -0.396 e. The van der Waals surface area contributed by atoms with Gasteiger partial charge in [-0.25, -0.2) is 0 Å². The number of hydrogen-bond donors (Lipinski definition) is 2. The summed E-state index contributed by atoms with van der Waals surface area (Å²) >= 11 is 0. The van der Waals surface area contributed by atoms with E-state index in [4.69, 9.17) is 0 Å². The van der Waals surface area contributed by atoms with Crippen LogP contribution >= 0.6 is 0 Å². The highest BCUT2D eigenvalue weighted by Crippen LogP contribution is 2.43. The lowest BCUT2D eigenvalue weighted by atomic mass is 9.76. The molecule has 2 fully saturated rings. The highest BCUT2D eigenvalue weighted by atomic mass is 16.3. The van der Waals surface area contributed by atoms with Crippen LogP contribution in [0.5, 0.6) is 0 Å². The second kappa shape index (κ2) is 4.90. The van der Waals surface area contributed by atoms with E-state index in [1.165, 1.54) is 0 Å². The van der Waals surface area contributed by atoms with Crippen LogP contribution in [0.25, 0.3) is 0 Å². The molecule has 5 nitrogen and oxygen atoms in total. The molecule has 0 aromatic heterocycles. The standard InChI is InChI=1S/C15H18N2O3/c18-10-12-9-17(8-11-4-2-1-3-5-11)14(20)15(12)6-7-16-13(15)19/h1-5,12,18H,6-10H2,(H,16,19)/t12-,15-/m1/s1. The van der Waals surface area contributed by atoms with Crippen molar-refractivity contribution >= 4 is 11.8 Å². The minimum absolute atomic E-state index is 0.134. The highest BCUT2D eigenvalue weighted by Gasteiger charge is 2.60. The van der Waals surface area contributed by atoms with E-state index in [0.717, 1.165) is 5.56 Å². The third-order valence-electron chi connectivity index (χ3n) is 4.45. The lowest BCUT2D eigenvalue weighted by molar-refractivity contribution is -0.145. The summed E-state index contributed by atoms with van der Waals surface area (Å²) in [4.78, 5) is 26.5. The molecule has 0 saturated carbocycles. The minimum atomic E-state index is -1.04. The van der Waals surface area contributed by atoms with Crippen molar-refractivity contribution in [1.29, 1.82) is 0 Å². The predicted molar refractivity (Wildman–Crippen MR) is 72.5 cm³/mol. The molecule has 2 saturated heterocycles. The zero-order valence-electron chi connectivity index (χ0n) is 11.2. The van der Waals surface area contributed by atoms with Gasteiger partial charge in [0.05, 0.1) is 0 Å². The first-order chi connectivity index (χ1) is 9.68. The van der Waals surface area contributed by atoms with Gasteiger partial charge < -0.3 is 15.3 Å². The Hall–Kier alpha value is -1.88. The molecule has 1 aromatic carbocycles. The fourth-order valence-electron chi connectivity index (χ4n) is 3.35. The van der Waals surface area contributed by atoms with E-state index in [1.807, 2.05) is 30.3 Å². The molecule has 3 rings (SSSR count). The topological polar surface area (TPSA) is 69.6 Å². The largest absolute Gasteiger partial charge is 0.396 e. The molecular formula is C15H18N2O3. The van der Waals surface area contributed by atoms with Crippen LogP contribution in [-0.4, -0.2) is 41.5 Å². The molecule has 5 heteroatoms. The number of carbonyl (C=O) groups excluding carboxylic acids is 2. The molecule has 0 aliphatic carbocycles. The number of aliphatic hydroxyl groups is 1. The van der Waals surface area contributed by atoms with Crippen LogP contribution in [0.4, 0.5) is 0 Å². The fraction of sp³-hybridized carbons (Fsp3) is 0.467. The molecule has 2 atom stereocenters. The van der Waals surface area contributed by atoms with Crippen LogP contribution in [0.3, 0.4) is 0 Å². The molecule has 0 radical (unpaired) electrons. The van der Waals surface area contributed by atoms with E-state index < -0.39 is 5.41 Å². The lowest BCUT2D eigenvalue weighted by Crippen LogP contribution is -2.43. The number of amides is 2. The maximum Gasteiger partial charge on any atom is 0.239 e. The van der Waals surface area contributed by atoms with Gasteiger partial charge in [-0.05, 0) is 12.0 Å². The van der Waals surface area contributed by atoms with Gasteiger partial charge in [-0.15, -0.1) is 0 Å². The van der Waals surface area contributed by atoms with Gasteiger partial charge in [-0.1, -0.05) is 30.3 Å². The van der Waals surface area contributed by atoms with Gasteiger partial charge >= 0.3 is 0 Å². The van der Waals surface area contributed by atoms with E-state index in [0.29, 0.717) is 26.1 Å². The Labute approximate surface area is 117 Å². The molecule has 2 amide bonds. The van der Waals surface area contributed by atoms with Crippen molar-refractivity contribution in [2.75, 3.05) is 19.7 Å². The molecule has 2 N–H and O–H groups in total. The number of benzene rings is 1. The summed E-state index contributed by atoms with van der Waals surface area (Å²) < 4.78 is 0. The number of nitrogens with zero attached hydrogens (tertiary/aromatic N) is 1. The number of nitrogens with one attached hydrogen (secondary N) is 1. The van der Waals surface area contributed by atoms with Gasteiger partial charge in [0, 0.05) is 32.2 Å². The molecule has 2 heterocycles. The summed E-state index contributed by atoms with van der Waals surface area (Å²) in [5, 5.41) is 12.3. The summed E-state index contributed by atoms with van der Waals surface area (Å²) in [6.45, 7) is 1.31. The quantitative estimate of drug-likeness (QED) is 0.771. The zero-order chi connectivity index (χ0) is 14.2. The molecule has 1 spiro atoms. The van der Waals surface area contributed by atoms with Crippen LogP contribution < -0.4 is 5.32 Å². The average molecular weight is 274 g/mol. The SMILES string of the molecule is O=C1NCC[C@]12C(=O)N(Cc1ccccc1)C[C@@H]2CO. The van der Waals surface area contributed by atoms with Crippen molar-refractivity contribution in [2.24, 2.45) is 11.3 Å².